The number of phenols is 1. The van der Waals surface area contributed by atoms with Crippen molar-refractivity contribution < 1.29 is 10.0 Å². The Hall–Kier alpha value is -3.26. The molecule has 1 aromatic heterocycles. The molecule has 0 spiro atoms. The van der Waals surface area contributed by atoms with Crippen LogP contribution in [0.15, 0.2) is 59.0 Å². The molecule has 24 heavy (non-hydrogen) atoms. The van der Waals surface area contributed by atoms with Crippen LogP contribution in [0, 0.1) is 10.1 Å². The second-order valence-electron chi connectivity index (χ2n) is 4.81. The Morgan fingerprint density at radius 2 is 2.08 bits per heavy atom. The van der Waals surface area contributed by atoms with Crippen LogP contribution in [-0.4, -0.2) is 21.2 Å². The van der Waals surface area contributed by atoms with Crippen molar-refractivity contribution in [3.63, 3.8) is 0 Å². The van der Waals surface area contributed by atoms with E-state index >= 15 is 0 Å². The second kappa shape index (κ2) is 6.88. The van der Waals surface area contributed by atoms with Crippen LogP contribution in [0.3, 0.4) is 0 Å². The number of benzene rings is 2. The van der Waals surface area contributed by atoms with Crippen molar-refractivity contribution in [2.75, 3.05) is 5.43 Å². The molecule has 7 nitrogen and oxygen atoms in total. The predicted octanol–water partition coefficient (Wildman–Crippen LogP) is 3.87. The number of nitrogens with one attached hydrogen (secondary N) is 1. The van der Waals surface area contributed by atoms with Gasteiger partial charge in [0.1, 0.15) is 5.75 Å². The minimum absolute atomic E-state index is 0.0133. The fourth-order valence-corrected chi connectivity index (χ4v) is 2.67. The number of hydrogen-bond donors (Lipinski definition) is 2. The number of thiazole rings is 1. The lowest BCUT2D eigenvalue weighted by Gasteiger charge is -1.97. The van der Waals surface area contributed by atoms with Gasteiger partial charge >= 0.3 is 0 Å². The number of anilines is 1. The molecule has 2 N–H and O–H groups in total. The summed E-state index contributed by atoms with van der Waals surface area (Å²) >= 11 is 1.37. The van der Waals surface area contributed by atoms with Gasteiger partial charge in [0.2, 0.25) is 5.13 Å². The molecule has 3 rings (SSSR count). The van der Waals surface area contributed by atoms with E-state index in [0.717, 1.165) is 11.3 Å². The average Bonchev–Trinajstić information content (AvgIpc) is 3.04. The monoisotopic (exact) mass is 340 g/mol. The van der Waals surface area contributed by atoms with Crippen molar-refractivity contribution in [2.45, 2.75) is 0 Å². The summed E-state index contributed by atoms with van der Waals surface area (Å²) in [6, 6.07) is 13.0. The van der Waals surface area contributed by atoms with Gasteiger partial charge in [0.05, 0.1) is 16.8 Å². The van der Waals surface area contributed by atoms with Gasteiger partial charge in [-0.3, -0.25) is 15.5 Å². The summed E-state index contributed by atoms with van der Waals surface area (Å²) < 4.78 is 0. The molecule has 0 aliphatic heterocycles. The standard InChI is InChI=1S/C16H12N4O3S/c21-14-6-2-4-12(8-14)15-10-24-16(18-15)19-17-9-11-3-1-5-13(7-11)20(22)23/h1-10,21H,(H,18,19). The van der Waals surface area contributed by atoms with Gasteiger partial charge in [-0.1, -0.05) is 24.3 Å². The van der Waals surface area contributed by atoms with Crippen molar-refractivity contribution in [3.8, 4) is 17.0 Å². The first-order valence-corrected chi connectivity index (χ1v) is 7.78. The number of aromatic nitrogens is 1. The highest BCUT2D eigenvalue weighted by Gasteiger charge is 2.05. The fourth-order valence-electron chi connectivity index (χ4n) is 2.00. The zero-order chi connectivity index (χ0) is 16.9. The van der Waals surface area contributed by atoms with Gasteiger partial charge in [-0.05, 0) is 12.1 Å². The number of phenolic OH excluding ortho intramolecular Hbond substituents is 1. The van der Waals surface area contributed by atoms with Crippen molar-refractivity contribution >= 4 is 28.4 Å². The molecule has 0 saturated carbocycles. The number of nitro benzene ring substituents is 1. The summed E-state index contributed by atoms with van der Waals surface area (Å²) in [5, 5.41) is 26.7. The van der Waals surface area contributed by atoms with Crippen LogP contribution in [0.4, 0.5) is 10.8 Å². The van der Waals surface area contributed by atoms with Gasteiger partial charge < -0.3 is 5.11 Å². The number of nitrogens with zero attached hydrogens (tertiary/aromatic N) is 3. The Kier molecular flexibility index (Phi) is 4.48. The maximum Gasteiger partial charge on any atom is 0.270 e. The Labute approximate surface area is 141 Å². The normalized spacial score (nSPS) is 10.8. The van der Waals surface area contributed by atoms with Crippen LogP contribution >= 0.6 is 11.3 Å². The molecule has 0 amide bonds. The molecule has 0 unspecified atom stereocenters. The SMILES string of the molecule is O=[N+]([O-])c1cccc(C=NNc2nc(-c3cccc(O)c3)cs2)c1. The highest BCUT2D eigenvalue weighted by molar-refractivity contribution is 7.14. The molecular weight excluding hydrogens is 328 g/mol. The third-order valence-corrected chi connectivity index (χ3v) is 3.85. The van der Waals surface area contributed by atoms with Gasteiger partial charge in [0.25, 0.3) is 5.69 Å². The van der Waals surface area contributed by atoms with E-state index < -0.39 is 4.92 Å². The number of rotatable bonds is 5. The van der Waals surface area contributed by atoms with Crippen LogP contribution in [0.2, 0.25) is 0 Å². The molecule has 1 heterocycles. The summed E-state index contributed by atoms with van der Waals surface area (Å²) in [4.78, 5) is 14.7. The van der Waals surface area contributed by atoms with Gasteiger partial charge in [0.15, 0.2) is 0 Å². The minimum atomic E-state index is -0.451. The Bertz CT molecular complexity index is 908. The average molecular weight is 340 g/mol. The summed E-state index contributed by atoms with van der Waals surface area (Å²) in [6.07, 6.45) is 1.49. The Morgan fingerprint density at radius 1 is 1.25 bits per heavy atom. The van der Waals surface area contributed by atoms with Crippen LogP contribution in [0.5, 0.6) is 5.75 Å². The lowest BCUT2D eigenvalue weighted by Crippen LogP contribution is -1.92. The summed E-state index contributed by atoms with van der Waals surface area (Å²) in [5.41, 5.74) is 4.95. The number of hydrazone groups is 1. The zero-order valence-corrected chi connectivity index (χ0v) is 13.1. The van der Waals surface area contributed by atoms with Gasteiger partial charge in [-0.25, -0.2) is 4.98 Å². The molecule has 8 heteroatoms. The van der Waals surface area contributed by atoms with Gasteiger partial charge in [-0.2, -0.15) is 5.10 Å². The zero-order valence-electron chi connectivity index (χ0n) is 12.3. The third-order valence-electron chi connectivity index (χ3n) is 3.10. The Morgan fingerprint density at radius 3 is 2.88 bits per heavy atom. The van der Waals surface area contributed by atoms with Gasteiger partial charge in [0, 0.05) is 28.6 Å². The molecule has 0 fully saturated rings. The minimum Gasteiger partial charge on any atom is -0.508 e. The molecule has 2 aromatic carbocycles. The quantitative estimate of drug-likeness (QED) is 0.417. The van der Waals surface area contributed by atoms with Crippen molar-refractivity contribution in [1.29, 1.82) is 0 Å². The number of aromatic hydroxyl groups is 1. The highest BCUT2D eigenvalue weighted by atomic mass is 32.1. The molecule has 120 valence electrons. The maximum absolute atomic E-state index is 10.7. The first-order chi connectivity index (χ1) is 11.6. The fraction of sp³-hybridized carbons (Fsp3) is 0. The molecule has 0 aliphatic carbocycles. The molecule has 0 saturated heterocycles. The first-order valence-electron chi connectivity index (χ1n) is 6.90. The van der Waals surface area contributed by atoms with Gasteiger partial charge in [-0.15, -0.1) is 11.3 Å². The lowest BCUT2D eigenvalue weighted by molar-refractivity contribution is -0.384. The molecule has 3 aromatic rings. The second-order valence-corrected chi connectivity index (χ2v) is 5.67. The van der Waals surface area contributed by atoms with Crippen LogP contribution in [0.1, 0.15) is 5.56 Å². The third kappa shape index (κ3) is 3.73. The van der Waals surface area contributed by atoms with Crippen molar-refractivity contribution in [3.05, 3.63) is 69.6 Å². The van der Waals surface area contributed by atoms with Crippen LogP contribution < -0.4 is 5.43 Å². The largest absolute Gasteiger partial charge is 0.508 e. The smallest absolute Gasteiger partial charge is 0.270 e. The number of non-ortho nitro benzene ring substituents is 1. The number of hydrogen-bond acceptors (Lipinski definition) is 7. The topological polar surface area (TPSA) is 101 Å². The first kappa shape index (κ1) is 15.6. The van der Waals surface area contributed by atoms with E-state index in [9.17, 15) is 15.2 Å². The van der Waals surface area contributed by atoms with Crippen molar-refractivity contribution in [1.82, 2.24) is 4.98 Å². The van der Waals surface area contributed by atoms with E-state index in [4.69, 9.17) is 0 Å². The highest BCUT2D eigenvalue weighted by Crippen LogP contribution is 2.27. The van der Waals surface area contributed by atoms with Crippen molar-refractivity contribution in [2.24, 2.45) is 5.10 Å². The van der Waals surface area contributed by atoms with Crippen LogP contribution in [-0.2, 0) is 0 Å². The van der Waals surface area contributed by atoms with E-state index in [2.05, 4.69) is 15.5 Å². The molecular formula is C16H12N4O3S. The van der Waals surface area contributed by atoms with Crippen LogP contribution in [0.25, 0.3) is 11.3 Å². The summed E-state index contributed by atoms with van der Waals surface area (Å²) in [6.45, 7) is 0. The van der Waals surface area contributed by atoms with E-state index in [0.29, 0.717) is 10.7 Å². The molecule has 0 atom stereocenters. The van der Waals surface area contributed by atoms with E-state index in [1.165, 1.54) is 29.7 Å². The Balaban J connectivity index is 1.69. The molecule has 0 radical (unpaired) electrons. The molecule has 0 aliphatic rings. The van der Waals surface area contributed by atoms with E-state index in [1.807, 2.05) is 11.4 Å². The van der Waals surface area contributed by atoms with E-state index in [1.54, 1.807) is 30.3 Å². The lowest BCUT2D eigenvalue weighted by atomic mass is 10.2. The molecule has 0 bridgehead atoms. The number of nitro groups is 1. The predicted molar refractivity (Wildman–Crippen MR) is 93.5 cm³/mol. The summed E-state index contributed by atoms with van der Waals surface area (Å²) in [7, 11) is 0. The van der Waals surface area contributed by atoms with E-state index in [-0.39, 0.29) is 11.4 Å². The maximum atomic E-state index is 10.7. The summed E-state index contributed by atoms with van der Waals surface area (Å²) in [5.74, 6) is 0.179.